The van der Waals surface area contributed by atoms with E-state index in [-0.39, 0.29) is 22.9 Å². The van der Waals surface area contributed by atoms with E-state index in [1.165, 1.54) is 18.3 Å². The third kappa shape index (κ3) is 2.63. The average Bonchev–Trinajstić information content (AvgIpc) is 2.28. The van der Waals surface area contributed by atoms with Crippen molar-refractivity contribution >= 4 is 15.8 Å². The van der Waals surface area contributed by atoms with Crippen LogP contribution in [0.1, 0.15) is 19.3 Å². The van der Waals surface area contributed by atoms with Gasteiger partial charge < -0.3 is 10.5 Å². The number of hydrogen-bond acceptors (Lipinski definition) is 5. The lowest BCUT2D eigenvalue weighted by molar-refractivity contribution is -0.0659. The fourth-order valence-electron chi connectivity index (χ4n) is 1.93. The van der Waals surface area contributed by atoms with E-state index in [0.717, 1.165) is 19.3 Å². The van der Waals surface area contributed by atoms with Gasteiger partial charge in [-0.1, -0.05) is 0 Å². The summed E-state index contributed by atoms with van der Waals surface area (Å²) in [5.41, 5.74) is 5.13. The normalized spacial score (nSPS) is 18.3. The van der Waals surface area contributed by atoms with E-state index in [9.17, 15) is 8.42 Å². The van der Waals surface area contributed by atoms with E-state index >= 15 is 0 Å². The lowest BCUT2D eigenvalue weighted by Crippen LogP contribution is -2.49. The van der Waals surface area contributed by atoms with Crippen molar-refractivity contribution in [1.82, 2.24) is 9.71 Å². The van der Waals surface area contributed by atoms with E-state index in [2.05, 4.69) is 9.71 Å². The number of aromatic nitrogens is 1. The number of hydrogen-bond donors (Lipinski definition) is 2. The Morgan fingerprint density at radius 3 is 2.78 bits per heavy atom. The van der Waals surface area contributed by atoms with Gasteiger partial charge in [0, 0.05) is 25.9 Å². The van der Waals surface area contributed by atoms with Gasteiger partial charge in [0.2, 0.25) is 10.0 Å². The number of pyridine rings is 1. The van der Waals surface area contributed by atoms with Crippen LogP contribution in [0.3, 0.4) is 0 Å². The van der Waals surface area contributed by atoms with Gasteiger partial charge in [0.15, 0.2) is 0 Å². The van der Waals surface area contributed by atoms with Gasteiger partial charge in [-0.15, -0.1) is 0 Å². The molecule has 0 amide bonds. The summed E-state index contributed by atoms with van der Waals surface area (Å²) in [5, 5.41) is 0. The zero-order valence-electron chi connectivity index (χ0n) is 10.2. The van der Waals surface area contributed by atoms with Gasteiger partial charge in [-0.2, -0.15) is 0 Å². The molecule has 1 aliphatic rings. The maximum atomic E-state index is 12.0. The van der Waals surface area contributed by atoms with Gasteiger partial charge in [-0.3, -0.25) is 0 Å². The highest BCUT2D eigenvalue weighted by Crippen LogP contribution is 2.34. The minimum absolute atomic E-state index is 0.126. The molecule has 0 unspecified atom stereocenters. The third-order valence-electron chi connectivity index (χ3n) is 3.35. The molecule has 0 atom stereocenters. The summed E-state index contributed by atoms with van der Waals surface area (Å²) in [5.74, 6) is 0.183. The molecule has 0 radical (unpaired) electrons. The second-order valence-electron chi connectivity index (χ2n) is 4.48. The molecule has 1 aromatic heterocycles. The minimum Gasteiger partial charge on any atom is -0.384 e. The van der Waals surface area contributed by atoms with Gasteiger partial charge in [-0.25, -0.2) is 18.1 Å². The van der Waals surface area contributed by atoms with Crippen molar-refractivity contribution in [3.05, 3.63) is 18.3 Å². The lowest BCUT2D eigenvalue weighted by atomic mass is 9.80. The van der Waals surface area contributed by atoms with Crippen molar-refractivity contribution in [2.45, 2.75) is 29.8 Å². The largest absolute Gasteiger partial charge is 0.384 e. The monoisotopic (exact) mass is 271 g/mol. The summed E-state index contributed by atoms with van der Waals surface area (Å²) >= 11 is 0. The van der Waals surface area contributed by atoms with Crippen LogP contribution in [-0.2, 0) is 14.8 Å². The summed E-state index contributed by atoms with van der Waals surface area (Å²) in [7, 11) is -1.94. The van der Waals surface area contributed by atoms with E-state index in [4.69, 9.17) is 10.5 Å². The predicted molar refractivity (Wildman–Crippen MR) is 67.4 cm³/mol. The Morgan fingerprint density at radius 1 is 1.56 bits per heavy atom. The van der Waals surface area contributed by atoms with Crippen molar-refractivity contribution in [2.75, 3.05) is 19.4 Å². The first-order valence-corrected chi connectivity index (χ1v) is 7.22. The van der Waals surface area contributed by atoms with Crippen LogP contribution < -0.4 is 10.5 Å². The number of ether oxygens (including phenoxy) is 1. The highest BCUT2D eigenvalue weighted by Gasteiger charge is 2.38. The average molecular weight is 271 g/mol. The molecule has 100 valence electrons. The molecule has 18 heavy (non-hydrogen) atoms. The fourth-order valence-corrected chi connectivity index (χ4v) is 3.06. The number of anilines is 1. The Balaban J connectivity index is 2.08. The van der Waals surface area contributed by atoms with Crippen molar-refractivity contribution in [2.24, 2.45) is 0 Å². The second-order valence-corrected chi connectivity index (χ2v) is 6.25. The number of rotatable bonds is 5. The number of nitrogens with one attached hydrogen (secondary N) is 1. The lowest BCUT2D eigenvalue weighted by Gasteiger charge is -2.40. The summed E-state index contributed by atoms with van der Waals surface area (Å²) in [6, 6.07) is 2.75. The SMILES string of the molecule is COC1(CNS(=O)(=O)c2ccnc(N)c2)CCC1. The van der Waals surface area contributed by atoms with E-state index < -0.39 is 10.0 Å². The standard InChI is InChI=1S/C11H17N3O3S/c1-17-11(4-2-5-11)8-14-18(15,16)9-3-6-13-10(12)7-9/h3,6-7,14H,2,4-5,8H2,1H3,(H2,12,13). The summed E-state index contributed by atoms with van der Waals surface area (Å²) in [6.45, 7) is 0.286. The number of sulfonamides is 1. The summed E-state index contributed by atoms with van der Waals surface area (Å²) in [6.07, 6.45) is 4.20. The number of nitrogens with zero attached hydrogens (tertiary/aromatic N) is 1. The zero-order chi connectivity index (χ0) is 13.2. The third-order valence-corrected chi connectivity index (χ3v) is 4.74. The minimum atomic E-state index is -3.55. The first kappa shape index (κ1) is 13.3. The van der Waals surface area contributed by atoms with Crippen LogP contribution in [0.4, 0.5) is 5.82 Å². The van der Waals surface area contributed by atoms with Crippen LogP contribution >= 0.6 is 0 Å². The fraction of sp³-hybridized carbons (Fsp3) is 0.545. The molecule has 7 heteroatoms. The van der Waals surface area contributed by atoms with Crippen molar-refractivity contribution < 1.29 is 13.2 Å². The molecule has 1 aliphatic carbocycles. The molecule has 0 spiro atoms. The Labute approximate surface area is 107 Å². The smallest absolute Gasteiger partial charge is 0.240 e. The quantitative estimate of drug-likeness (QED) is 0.813. The first-order chi connectivity index (χ1) is 8.47. The molecule has 6 nitrogen and oxygen atoms in total. The Kier molecular flexibility index (Phi) is 3.56. The van der Waals surface area contributed by atoms with E-state index in [0.29, 0.717) is 0 Å². The van der Waals surface area contributed by atoms with Crippen LogP contribution in [0.25, 0.3) is 0 Å². The van der Waals surface area contributed by atoms with Gasteiger partial charge >= 0.3 is 0 Å². The van der Waals surface area contributed by atoms with Crippen molar-refractivity contribution in [3.8, 4) is 0 Å². The second kappa shape index (κ2) is 4.83. The molecule has 1 fully saturated rings. The Morgan fingerprint density at radius 2 is 2.28 bits per heavy atom. The van der Waals surface area contributed by atoms with Crippen molar-refractivity contribution in [3.63, 3.8) is 0 Å². The molecule has 0 aromatic carbocycles. The van der Waals surface area contributed by atoms with Crippen LogP contribution in [0, 0.1) is 0 Å². The predicted octanol–water partition coefficient (Wildman–Crippen LogP) is 0.511. The molecular formula is C11H17N3O3S. The molecule has 1 aromatic rings. The van der Waals surface area contributed by atoms with Crippen LogP contribution in [0.15, 0.2) is 23.2 Å². The van der Waals surface area contributed by atoms with Gasteiger partial charge in [-0.05, 0) is 25.3 Å². The highest BCUT2D eigenvalue weighted by atomic mass is 32.2. The van der Waals surface area contributed by atoms with Gasteiger partial charge in [0.05, 0.1) is 10.5 Å². The molecule has 0 aliphatic heterocycles. The molecule has 3 N–H and O–H groups in total. The molecule has 1 saturated carbocycles. The molecule has 2 rings (SSSR count). The molecule has 0 saturated heterocycles. The molecule has 1 heterocycles. The van der Waals surface area contributed by atoms with E-state index in [1.54, 1.807) is 7.11 Å². The Bertz CT molecular complexity index is 521. The summed E-state index contributed by atoms with van der Waals surface area (Å²) < 4.78 is 32.0. The van der Waals surface area contributed by atoms with Crippen LogP contribution in [0.2, 0.25) is 0 Å². The number of nitrogen functional groups attached to an aromatic ring is 1. The van der Waals surface area contributed by atoms with Crippen LogP contribution in [0.5, 0.6) is 0 Å². The van der Waals surface area contributed by atoms with Gasteiger partial charge in [0.25, 0.3) is 0 Å². The van der Waals surface area contributed by atoms with Gasteiger partial charge in [0.1, 0.15) is 5.82 Å². The maximum Gasteiger partial charge on any atom is 0.240 e. The molecular weight excluding hydrogens is 254 g/mol. The number of methoxy groups -OCH3 is 1. The highest BCUT2D eigenvalue weighted by molar-refractivity contribution is 7.89. The van der Waals surface area contributed by atoms with Crippen molar-refractivity contribution in [1.29, 1.82) is 0 Å². The number of nitrogens with two attached hydrogens (primary N) is 1. The summed E-state index contributed by atoms with van der Waals surface area (Å²) in [4.78, 5) is 3.89. The first-order valence-electron chi connectivity index (χ1n) is 5.74. The zero-order valence-corrected chi connectivity index (χ0v) is 11.0. The molecule has 0 bridgehead atoms. The Hall–Kier alpha value is -1.18. The van der Waals surface area contributed by atoms with Crippen LogP contribution in [-0.4, -0.2) is 32.7 Å². The topological polar surface area (TPSA) is 94.3 Å². The maximum absolute atomic E-state index is 12.0. The van der Waals surface area contributed by atoms with E-state index in [1.807, 2.05) is 0 Å².